The van der Waals surface area contributed by atoms with Crippen LogP contribution >= 0.6 is 0 Å². The molecule has 0 spiro atoms. The van der Waals surface area contributed by atoms with Gasteiger partial charge in [0.05, 0.1) is 6.10 Å². The number of hydrogen-bond donors (Lipinski definition) is 2. The van der Waals surface area contributed by atoms with Crippen LogP contribution in [-0.4, -0.2) is 25.2 Å². The van der Waals surface area contributed by atoms with Crippen LogP contribution in [0.25, 0.3) is 0 Å². The summed E-state index contributed by atoms with van der Waals surface area (Å²) >= 11 is 0. The number of rotatable bonds is 8. The number of amides is 1. The van der Waals surface area contributed by atoms with Gasteiger partial charge in [0.1, 0.15) is 18.4 Å². The van der Waals surface area contributed by atoms with Crippen molar-refractivity contribution >= 4 is 5.91 Å². The lowest BCUT2D eigenvalue weighted by molar-refractivity contribution is -0.120. The summed E-state index contributed by atoms with van der Waals surface area (Å²) in [7, 11) is 0. The maximum Gasteiger partial charge on any atom is 0.239 e. The van der Waals surface area contributed by atoms with Crippen LogP contribution in [0.5, 0.6) is 5.75 Å². The Labute approximate surface area is 148 Å². The molecule has 1 fully saturated rings. The fourth-order valence-electron chi connectivity index (χ4n) is 2.92. The maximum atomic E-state index is 11.7. The zero-order valence-electron chi connectivity index (χ0n) is 14.2. The second kappa shape index (κ2) is 8.65. The molecule has 0 aliphatic carbocycles. The van der Waals surface area contributed by atoms with Gasteiger partial charge in [-0.25, -0.2) is 0 Å². The minimum absolute atomic E-state index is 0.212. The highest BCUT2D eigenvalue weighted by Gasteiger charge is 2.17. The Morgan fingerprint density at radius 2 is 1.96 bits per heavy atom. The molecule has 3 rings (SSSR count). The van der Waals surface area contributed by atoms with E-state index in [1.165, 1.54) is 0 Å². The molecule has 0 radical (unpaired) electrons. The van der Waals surface area contributed by atoms with Gasteiger partial charge in [-0.05, 0) is 36.1 Å². The third kappa shape index (κ3) is 5.05. The number of hydrogen-bond acceptors (Lipinski definition) is 4. The standard InChI is InChI=1S/C20H24N2O3/c21-20(23)19(16-5-2-1-3-6-16)22-13-15-8-10-17(11-9-15)25-14-18-7-4-12-24-18/h1-3,5-6,8-11,18-19,22H,4,7,12-14H2,(H2,21,23)/t18-,19+/m0/s1. The molecule has 0 aromatic heterocycles. The van der Waals surface area contributed by atoms with E-state index < -0.39 is 6.04 Å². The predicted molar refractivity (Wildman–Crippen MR) is 96.1 cm³/mol. The van der Waals surface area contributed by atoms with Gasteiger partial charge in [-0.1, -0.05) is 42.5 Å². The van der Waals surface area contributed by atoms with Crippen molar-refractivity contribution in [1.29, 1.82) is 0 Å². The average molecular weight is 340 g/mol. The van der Waals surface area contributed by atoms with E-state index in [1.54, 1.807) is 0 Å². The first-order chi connectivity index (χ1) is 12.2. The van der Waals surface area contributed by atoms with Crippen molar-refractivity contribution < 1.29 is 14.3 Å². The molecule has 1 aliphatic heterocycles. The highest BCUT2D eigenvalue weighted by molar-refractivity contribution is 5.81. The number of primary amides is 1. The molecule has 1 heterocycles. The number of benzene rings is 2. The number of carbonyl (C=O) groups is 1. The number of ether oxygens (including phenoxy) is 2. The smallest absolute Gasteiger partial charge is 0.239 e. The summed E-state index contributed by atoms with van der Waals surface area (Å²) < 4.78 is 11.3. The van der Waals surface area contributed by atoms with Crippen LogP contribution in [0.15, 0.2) is 54.6 Å². The molecule has 1 aliphatic rings. The molecule has 0 bridgehead atoms. The van der Waals surface area contributed by atoms with E-state index in [2.05, 4.69) is 5.32 Å². The van der Waals surface area contributed by atoms with Crippen LogP contribution < -0.4 is 15.8 Å². The fourth-order valence-corrected chi connectivity index (χ4v) is 2.92. The van der Waals surface area contributed by atoms with Gasteiger partial charge >= 0.3 is 0 Å². The largest absolute Gasteiger partial charge is 0.491 e. The average Bonchev–Trinajstić information content (AvgIpc) is 3.15. The topological polar surface area (TPSA) is 73.6 Å². The van der Waals surface area contributed by atoms with E-state index in [1.807, 2.05) is 54.6 Å². The van der Waals surface area contributed by atoms with E-state index in [0.29, 0.717) is 13.2 Å². The number of carbonyl (C=O) groups excluding carboxylic acids is 1. The highest BCUT2D eigenvalue weighted by Crippen LogP contribution is 2.18. The van der Waals surface area contributed by atoms with Crippen molar-refractivity contribution in [3.8, 4) is 5.75 Å². The molecule has 132 valence electrons. The summed E-state index contributed by atoms with van der Waals surface area (Å²) in [6.45, 7) is 1.98. The second-order valence-corrected chi connectivity index (χ2v) is 6.22. The Bertz CT molecular complexity index is 667. The molecule has 25 heavy (non-hydrogen) atoms. The summed E-state index contributed by atoms with van der Waals surface area (Å²) in [6.07, 6.45) is 2.39. The monoisotopic (exact) mass is 340 g/mol. The van der Waals surface area contributed by atoms with Crippen LogP contribution in [0, 0.1) is 0 Å². The predicted octanol–water partition coefficient (Wildman–Crippen LogP) is 2.56. The van der Waals surface area contributed by atoms with Gasteiger partial charge in [0, 0.05) is 13.2 Å². The Balaban J connectivity index is 1.52. The highest BCUT2D eigenvalue weighted by atomic mass is 16.5. The number of nitrogens with one attached hydrogen (secondary N) is 1. The first-order valence-electron chi connectivity index (χ1n) is 8.63. The third-order valence-corrected chi connectivity index (χ3v) is 4.31. The van der Waals surface area contributed by atoms with Gasteiger partial charge in [-0.15, -0.1) is 0 Å². The van der Waals surface area contributed by atoms with E-state index in [-0.39, 0.29) is 12.0 Å². The molecule has 1 saturated heterocycles. The Kier molecular flexibility index (Phi) is 6.04. The van der Waals surface area contributed by atoms with Crippen LogP contribution in [0.2, 0.25) is 0 Å². The van der Waals surface area contributed by atoms with E-state index in [0.717, 1.165) is 36.3 Å². The summed E-state index contributed by atoms with van der Waals surface area (Å²) in [4.78, 5) is 11.7. The zero-order valence-corrected chi connectivity index (χ0v) is 14.2. The van der Waals surface area contributed by atoms with Crippen molar-refractivity contribution in [3.63, 3.8) is 0 Å². The van der Waals surface area contributed by atoms with Gasteiger partial charge in [-0.2, -0.15) is 0 Å². The van der Waals surface area contributed by atoms with Crippen LogP contribution in [-0.2, 0) is 16.1 Å². The van der Waals surface area contributed by atoms with Gasteiger partial charge in [0.25, 0.3) is 0 Å². The molecular weight excluding hydrogens is 316 g/mol. The number of nitrogens with two attached hydrogens (primary N) is 1. The third-order valence-electron chi connectivity index (χ3n) is 4.31. The van der Waals surface area contributed by atoms with Crippen molar-refractivity contribution in [3.05, 3.63) is 65.7 Å². The lowest BCUT2D eigenvalue weighted by atomic mass is 10.1. The molecular formula is C20H24N2O3. The lowest BCUT2D eigenvalue weighted by Gasteiger charge is -2.16. The van der Waals surface area contributed by atoms with Crippen LogP contribution in [0.1, 0.15) is 30.0 Å². The SMILES string of the molecule is NC(=O)[C@H](NCc1ccc(OC[C@@H]2CCCO2)cc1)c1ccccc1. The van der Waals surface area contributed by atoms with Crippen molar-refractivity contribution in [2.75, 3.05) is 13.2 Å². The van der Waals surface area contributed by atoms with E-state index in [9.17, 15) is 4.79 Å². The fraction of sp³-hybridized carbons (Fsp3) is 0.350. The van der Waals surface area contributed by atoms with Crippen LogP contribution in [0.4, 0.5) is 0 Å². The van der Waals surface area contributed by atoms with Crippen LogP contribution in [0.3, 0.4) is 0 Å². The molecule has 1 amide bonds. The van der Waals surface area contributed by atoms with Crippen molar-refractivity contribution in [2.24, 2.45) is 5.73 Å². The molecule has 2 atom stereocenters. The summed E-state index contributed by atoms with van der Waals surface area (Å²) in [5.74, 6) is 0.441. The van der Waals surface area contributed by atoms with E-state index in [4.69, 9.17) is 15.2 Å². The maximum absolute atomic E-state index is 11.7. The summed E-state index contributed by atoms with van der Waals surface area (Å²) in [6, 6.07) is 16.8. The molecule has 5 heteroatoms. The van der Waals surface area contributed by atoms with Crippen molar-refractivity contribution in [1.82, 2.24) is 5.32 Å². The zero-order chi connectivity index (χ0) is 17.5. The molecule has 5 nitrogen and oxygen atoms in total. The minimum atomic E-state index is -0.503. The molecule has 0 unspecified atom stereocenters. The first-order valence-corrected chi connectivity index (χ1v) is 8.63. The summed E-state index contributed by atoms with van der Waals surface area (Å²) in [5, 5.41) is 3.21. The molecule has 2 aromatic carbocycles. The van der Waals surface area contributed by atoms with Gasteiger partial charge in [0.2, 0.25) is 5.91 Å². The minimum Gasteiger partial charge on any atom is -0.491 e. The second-order valence-electron chi connectivity index (χ2n) is 6.22. The molecule has 2 aromatic rings. The Morgan fingerprint density at radius 1 is 1.20 bits per heavy atom. The van der Waals surface area contributed by atoms with Gasteiger partial charge in [-0.3, -0.25) is 10.1 Å². The Hall–Kier alpha value is -2.37. The molecule has 3 N–H and O–H groups in total. The Morgan fingerprint density at radius 3 is 2.60 bits per heavy atom. The quantitative estimate of drug-likeness (QED) is 0.774. The van der Waals surface area contributed by atoms with Gasteiger partial charge in [0.15, 0.2) is 0 Å². The van der Waals surface area contributed by atoms with Crippen molar-refractivity contribution in [2.45, 2.75) is 31.5 Å². The lowest BCUT2D eigenvalue weighted by Crippen LogP contribution is -2.33. The first kappa shape index (κ1) is 17.5. The summed E-state index contributed by atoms with van der Waals surface area (Å²) in [5.41, 5.74) is 7.45. The van der Waals surface area contributed by atoms with E-state index >= 15 is 0 Å². The van der Waals surface area contributed by atoms with Gasteiger partial charge < -0.3 is 15.2 Å². The molecule has 0 saturated carbocycles. The normalized spacial score (nSPS) is 18.0.